The van der Waals surface area contributed by atoms with Crippen LogP contribution in [-0.4, -0.2) is 39.9 Å². The van der Waals surface area contributed by atoms with Crippen LogP contribution in [0.1, 0.15) is 48.8 Å². The molecule has 0 saturated carbocycles. The van der Waals surface area contributed by atoms with E-state index in [0.29, 0.717) is 40.8 Å². The van der Waals surface area contributed by atoms with Gasteiger partial charge in [-0.05, 0) is 63.1 Å². The van der Waals surface area contributed by atoms with Gasteiger partial charge in [-0.25, -0.2) is 4.79 Å². The Morgan fingerprint density at radius 2 is 1.75 bits per heavy atom. The molecule has 166 valence electrons. The van der Waals surface area contributed by atoms with E-state index < -0.39 is 5.60 Å². The Kier molecular flexibility index (Phi) is 6.06. The third kappa shape index (κ3) is 4.41. The highest BCUT2D eigenvalue weighted by Crippen LogP contribution is 2.33. The molecule has 1 amide bonds. The molecule has 0 fully saturated rings. The fourth-order valence-electron chi connectivity index (χ4n) is 3.83. The molecule has 4 rings (SSSR count). The summed E-state index contributed by atoms with van der Waals surface area (Å²) >= 11 is 12.6. The van der Waals surface area contributed by atoms with Gasteiger partial charge in [0.25, 0.3) is 0 Å². The number of hydrogen-bond acceptors (Lipinski definition) is 3. The minimum Gasteiger partial charge on any atom is -0.444 e. The van der Waals surface area contributed by atoms with Gasteiger partial charge in [0.1, 0.15) is 5.60 Å². The highest BCUT2D eigenvalue weighted by atomic mass is 35.5. The van der Waals surface area contributed by atoms with Gasteiger partial charge in [-0.1, -0.05) is 41.4 Å². The molecule has 0 N–H and O–H groups in total. The lowest BCUT2D eigenvalue weighted by atomic mass is 9.99. The molecule has 0 radical (unpaired) electrons. The zero-order valence-electron chi connectivity index (χ0n) is 18.2. The second-order valence-corrected chi connectivity index (χ2v) is 9.55. The number of pyridine rings is 1. The largest absolute Gasteiger partial charge is 0.444 e. The standard InChI is InChI=1S/C25H24Cl2N2O3/c1-25(2,3)32-24(31)28-13-10-16(11-14-28)17-15-21(29-12-5-4-9-20(17)29)23(30)22-18(26)7-6-8-19(22)27/h4-10,12,15H,11,13-14H2,1-3H3. The monoisotopic (exact) mass is 470 g/mol. The molecule has 1 aromatic carbocycles. The maximum absolute atomic E-state index is 13.4. The molecule has 32 heavy (non-hydrogen) atoms. The van der Waals surface area contributed by atoms with Crippen molar-refractivity contribution in [3.63, 3.8) is 0 Å². The first-order valence-electron chi connectivity index (χ1n) is 10.4. The fraction of sp³-hybridized carbons (Fsp3) is 0.280. The minimum atomic E-state index is -0.533. The number of rotatable bonds is 3. The van der Waals surface area contributed by atoms with E-state index in [1.54, 1.807) is 23.1 Å². The maximum Gasteiger partial charge on any atom is 0.410 e. The average molecular weight is 471 g/mol. The van der Waals surface area contributed by atoms with Crippen molar-refractivity contribution in [1.29, 1.82) is 0 Å². The Bertz CT molecular complexity index is 1220. The van der Waals surface area contributed by atoms with Gasteiger partial charge in [0.05, 0.1) is 26.8 Å². The number of hydrogen-bond donors (Lipinski definition) is 0. The lowest BCUT2D eigenvalue weighted by Gasteiger charge is -2.29. The Morgan fingerprint density at radius 3 is 2.38 bits per heavy atom. The third-order valence-corrected chi connectivity index (χ3v) is 5.94. The van der Waals surface area contributed by atoms with Crippen molar-refractivity contribution in [3.05, 3.63) is 81.6 Å². The normalized spacial score (nSPS) is 14.4. The van der Waals surface area contributed by atoms with Crippen LogP contribution in [0.2, 0.25) is 10.0 Å². The lowest BCUT2D eigenvalue weighted by molar-refractivity contribution is 0.0270. The van der Waals surface area contributed by atoms with E-state index >= 15 is 0 Å². The van der Waals surface area contributed by atoms with Crippen molar-refractivity contribution in [2.24, 2.45) is 0 Å². The van der Waals surface area contributed by atoms with Crippen LogP contribution in [0.3, 0.4) is 0 Å². The molecule has 2 aromatic heterocycles. The molecule has 0 bridgehead atoms. The number of amides is 1. The molecule has 0 saturated heterocycles. The molecule has 1 aliphatic heterocycles. The van der Waals surface area contributed by atoms with Crippen LogP contribution in [0, 0.1) is 0 Å². The van der Waals surface area contributed by atoms with E-state index in [1.165, 1.54) is 0 Å². The SMILES string of the molecule is CC(C)(C)OC(=O)N1CC=C(c2cc(C(=O)c3c(Cl)cccc3Cl)n3ccccc23)CC1. The third-order valence-electron chi connectivity index (χ3n) is 5.31. The van der Waals surface area contributed by atoms with Crippen LogP contribution in [0.15, 0.2) is 54.7 Å². The molecule has 0 spiro atoms. The zero-order chi connectivity index (χ0) is 23.0. The molecule has 7 heteroatoms. The molecule has 5 nitrogen and oxygen atoms in total. The van der Waals surface area contributed by atoms with E-state index in [4.69, 9.17) is 27.9 Å². The Morgan fingerprint density at radius 1 is 1.03 bits per heavy atom. The molecular formula is C25H24Cl2N2O3. The molecule has 0 atom stereocenters. The molecule has 0 aliphatic carbocycles. The van der Waals surface area contributed by atoms with Crippen molar-refractivity contribution in [2.75, 3.05) is 13.1 Å². The fourth-order valence-corrected chi connectivity index (χ4v) is 4.40. The lowest BCUT2D eigenvalue weighted by Crippen LogP contribution is -2.39. The summed E-state index contributed by atoms with van der Waals surface area (Å²) in [6.45, 7) is 6.56. The van der Waals surface area contributed by atoms with E-state index in [2.05, 4.69) is 0 Å². The predicted octanol–water partition coefficient (Wildman–Crippen LogP) is 6.50. The molecule has 1 aliphatic rings. The zero-order valence-corrected chi connectivity index (χ0v) is 19.7. The van der Waals surface area contributed by atoms with Crippen molar-refractivity contribution >= 4 is 46.2 Å². The van der Waals surface area contributed by atoms with Crippen LogP contribution in [0.4, 0.5) is 4.79 Å². The van der Waals surface area contributed by atoms with E-state index in [9.17, 15) is 9.59 Å². The van der Waals surface area contributed by atoms with E-state index in [1.807, 2.05) is 61.7 Å². The van der Waals surface area contributed by atoms with Gasteiger partial charge in [-0.2, -0.15) is 0 Å². The summed E-state index contributed by atoms with van der Waals surface area (Å²) in [5, 5.41) is 0.639. The highest BCUT2D eigenvalue weighted by molar-refractivity contribution is 6.41. The summed E-state index contributed by atoms with van der Waals surface area (Å²) in [4.78, 5) is 27.5. The van der Waals surface area contributed by atoms with Crippen LogP contribution in [0.5, 0.6) is 0 Å². The number of nitrogens with zero attached hydrogens (tertiary/aromatic N) is 2. The molecule has 3 aromatic rings. The van der Waals surface area contributed by atoms with Gasteiger partial charge >= 0.3 is 6.09 Å². The Hall–Kier alpha value is -2.76. The molecule has 0 unspecified atom stereocenters. The summed E-state index contributed by atoms with van der Waals surface area (Å²) in [7, 11) is 0. The quantitative estimate of drug-likeness (QED) is 0.410. The van der Waals surface area contributed by atoms with Crippen molar-refractivity contribution in [2.45, 2.75) is 32.8 Å². The predicted molar refractivity (Wildman–Crippen MR) is 128 cm³/mol. The van der Waals surface area contributed by atoms with Gasteiger partial charge in [0, 0.05) is 24.8 Å². The summed E-state index contributed by atoms with van der Waals surface area (Å²) in [6.07, 6.45) is 4.22. The number of carbonyl (C=O) groups is 2. The summed E-state index contributed by atoms with van der Waals surface area (Å²) in [5.74, 6) is -0.236. The number of benzene rings is 1. The van der Waals surface area contributed by atoms with Crippen molar-refractivity contribution < 1.29 is 14.3 Å². The van der Waals surface area contributed by atoms with E-state index in [-0.39, 0.29) is 11.9 Å². The topological polar surface area (TPSA) is 51.0 Å². The number of ether oxygens (including phenoxy) is 1. The number of fused-ring (bicyclic) bond motifs is 1. The van der Waals surface area contributed by atoms with E-state index in [0.717, 1.165) is 16.7 Å². The number of ketones is 1. The first-order valence-corrected chi connectivity index (χ1v) is 11.2. The number of carbonyl (C=O) groups excluding carboxylic acids is 2. The Labute approximate surface area is 197 Å². The summed E-state index contributed by atoms with van der Waals surface area (Å²) in [5.41, 5.74) is 3.20. The Balaban J connectivity index is 1.69. The number of halogens is 2. The molecule has 3 heterocycles. The maximum atomic E-state index is 13.4. The smallest absolute Gasteiger partial charge is 0.410 e. The first-order chi connectivity index (χ1) is 15.2. The van der Waals surface area contributed by atoms with Crippen LogP contribution in [0.25, 0.3) is 11.1 Å². The molecular weight excluding hydrogens is 447 g/mol. The second kappa shape index (κ2) is 8.64. The van der Waals surface area contributed by atoms with Gasteiger partial charge in [-0.3, -0.25) is 4.79 Å². The minimum absolute atomic E-state index is 0.236. The van der Waals surface area contributed by atoms with Gasteiger partial charge < -0.3 is 14.0 Å². The van der Waals surface area contributed by atoms with Gasteiger partial charge in [-0.15, -0.1) is 0 Å². The van der Waals surface area contributed by atoms with Crippen molar-refractivity contribution in [3.8, 4) is 0 Å². The van der Waals surface area contributed by atoms with Gasteiger partial charge in [0.2, 0.25) is 5.78 Å². The second-order valence-electron chi connectivity index (χ2n) is 8.73. The average Bonchev–Trinajstić information content (AvgIpc) is 3.12. The summed E-state index contributed by atoms with van der Waals surface area (Å²) < 4.78 is 7.34. The van der Waals surface area contributed by atoms with Crippen LogP contribution >= 0.6 is 23.2 Å². The summed E-state index contributed by atoms with van der Waals surface area (Å²) in [6, 6.07) is 12.7. The van der Waals surface area contributed by atoms with Gasteiger partial charge in [0.15, 0.2) is 0 Å². The van der Waals surface area contributed by atoms with Crippen molar-refractivity contribution in [1.82, 2.24) is 9.30 Å². The van der Waals surface area contributed by atoms with Crippen LogP contribution < -0.4 is 0 Å². The highest BCUT2D eigenvalue weighted by Gasteiger charge is 2.26. The first kappa shape index (κ1) is 22.4. The van der Waals surface area contributed by atoms with Crippen LogP contribution in [-0.2, 0) is 4.74 Å². The number of aromatic nitrogens is 1.